The smallest absolute Gasteiger partial charge is 0.269 e. The van der Waals surface area contributed by atoms with Gasteiger partial charge in [-0.3, -0.25) is 29.9 Å². The fraction of sp³-hybridized carbons (Fsp3) is 0.118. The average molecular weight is 389 g/mol. The summed E-state index contributed by atoms with van der Waals surface area (Å²) in [5, 5.41) is 11.1. The SMILES string of the molecule is O=C(NN[C@@H]1CC(=O)N(c2ccc(Cl)cc2)C1=O)c1ccc([N+](=O)[O-])cc1. The van der Waals surface area contributed by atoms with Gasteiger partial charge in [0.1, 0.15) is 6.04 Å². The number of hydrazine groups is 1. The summed E-state index contributed by atoms with van der Waals surface area (Å²) < 4.78 is 0. The predicted molar refractivity (Wildman–Crippen MR) is 96.0 cm³/mol. The highest BCUT2D eigenvalue weighted by atomic mass is 35.5. The molecule has 138 valence electrons. The van der Waals surface area contributed by atoms with Crippen LogP contribution in [0.25, 0.3) is 0 Å². The van der Waals surface area contributed by atoms with Gasteiger partial charge in [-0.15, -0.1) is 0 Å². The van der Waals surface area contributed by atoms with Gasteiger partial charge >= 0.3 is 0 Å². The number of anilines is 1. The first kappa shape index (κ1) is 18.5. The van der Waals surface area contributed by atoms with E-state index in [1.807, 2.05) is 0 Å². The molecule has 27 heavy (non-hydrogen) atoms. The maximum absolute atomic E-state index is 12.5. The van der Waals surface area contributed by atoms with Gasteiger partial charge in [0.25, 0.3) is 17.5 Å². The van der Waals surface area contributed by atoms with Gasteiger partial charge in [-0.2, -0.15) is 0 Å². The summed E-state index contributed by atoms with van der Waals surface area (Å²) in [5.74, 6) is -1.51. The number of carbonyl (C=O) groups excluding carboxylic acids is 3. The van der Waals surface area contributed by atoms with Crippen LogP contribution in [0.4, 0.5) is 11.4 Å². The Hall–Kier alpha value is -3.30. The number of amides is 3. The van der Waals surface area contributed by atoms with E-state index in [0.29, 0.717) is 10.7 Å². The zero-order valence-corrected chi connectivity index (χ0v) is 14.5. The molecule has 1 atom stereocenters. The molecule has 10 heteroatoms. The van der Waals surface area contributed by atoms with E-state index in [0.717, 1.165) is 4.90 Å². The van der Waals surface area contributed by atoms with Crippen LogP contribution in [-0.4, -0.2) is 28.7 Å². The number of imide groups is 1. The highest BCUT2D eigenvalue weighted by Crippen LogP contribution is 2.24. The summed E-state index contributed by atoms with van der Waals surface area (Å²) >= 11 is 5.80. The van der Waals surface area contributed by atoms with E-state index in [1.54, 1.807) is 24.3 Å². The molecule has 0 aromatic heterocycles. The van der Waals surface area contributed by atoms with Gasteiger partial charge in [-0.1, -0.05) is 11.6 Å². The molecule has 0 aliphatic carbocycles. The number of nitrogens with zero attached hydrogens (tertiary/aromatic N) is 2. The summed E-state index contributed by atoms with van der Waals surface area (Å²) in [6, 6.07) is 10.3. The molecule has 0 bridgehead atoms. The molecule has 2 aromatic carbocycles. The van der Waals surface area contributed by atoms with Crippen molar-refractivity contribution >= 4 is 40.7 Å². The monoisotopic (exact) mass is 388 g/mol. The number of carbonyl (C=O) groups is 3. The van der Waals surface area contributed by atoms with E-state index in [4.69, 9.17) is 11.6 Å². The van der Waals surface area contributed by atoms with Gasteiger partial charge in [-0.25, -0.2) is 10.3 Å². The predicted octanol–water partition coefficient (Wildman–Crippen LogP) is 1.81. The first-order chi connectivity index (χ1) is 12.9. The fourth-order valence-corrected chi connectivity index (χ4v) is 2.69. The number of non-ortho nitro benzene ring substituents is 1. The molecule has 1 aliphatic rings. The van der Waals surface area contributed by atoms with Crippen molar-refractivity contribution in [3.8, 4) is 0 Å². The Bertz CT molecular complexity index is 914. The zero-order valence-electron chi connectivity index (χ0n) is 13.7. The molecule has 2 aromatic rings. The number of hydrogen-bond acceptors (Lipinski definition) is 6. The lowest BCUT2D eigenvalue weighted by molar-refractivity contribution is -0.384. The van der Waals surface area contributed by atoms with Crippen LogP contribution < -0.4 is 15.8 Å². The Morgan fingerprint density at radius 2 is 1.74 bits per heavy atom. The van der Waals surface area contributed by atoms with Crippen LogP contribution in [0.2, 0.25) is 5.02 Å². The minimum absolute atomic E-state index is 0.123. The molecule has 1 heterocycles. The van der Waals surface area contributed by atoms with Crippen molar-refractivity contribution in [1.29, 1.82) is 0 Å². The molecule has 3 rings (SSSR count). The van der Waals surface area contributed by atoms with Gasteiger partial charge in [0.2, 0.25) is 5.91 Å². The third kappa shape index (κ3) is 3.94. The second-order valence-electron chi connectivity index (χ2n) is 5.70. The topological polar surface area (TPSA) is 122 Å². The molecule has 0 saturated carbocycles. The molecule has 2 N–H and O–H groups in total. The lowest BCUT2D eigenvalue weighted by Gasteiger charge is -2.16. The molecule has 0 unspecified atom stereocenters. The molecule has 1 aliphatic heterocycles. The Morgan fingerprint density at radius 1 is 1.11 bits per heavy atom. The van der Waals surface area contributed by atoms with Crippen molar-refractivity contribution in [2.45, 2.75) is 12.5 Å². The highest BCUT2D eigenvalue weighted by Gasteiger charge is 2.39. The number of nitrogens with one attached hydrogen (secondary N) is 2. The Labute approximate surface area is 158 Å². The van der Waals surface area contributed by atoms with Gasteiger partial charge in [0.15, 0.2) is 0 Å². The first-order valence-electron chi connectivity index (χ1n) is 7.79. The van der Waals surface area contributed by atoms with E-state index in [1.165, 1.54) is 24.3 Å². The summed E-state index contributed by atoms with van der Waals surface area (Å²) in [6.07, 6.45) is -0.123. The van der Waals surface area contributed by atoms with E-state index < -0.39 is 28.7 Å². The summed E-state index contributed by atoms with van der Waals surface area (Å²) in [7, 11) is 0. The van der Waals surface area contributed by atoms with E-state index in [9.17, 15) is 24.5 Å². The van der Waals surface area contributed by atoms with Gasteiger partial charge < -0.3 is 0 Å². The van der Waals surface area contributed by atoms with Crippen molar-refractivity contribution < 1.29 is 19.3 Å². The number of hydrogen-bond donors (Lipinski definition) is 2. The lowest BCUT2D eigenvalue weighted by Crippen LogP contribution is -2.48. The Morgan fingerprint density at radius 3 is 2.33 bits per heavy atom. The van der Waals surface area contributed by atoms with Gasteiger partial charge in [-0.05, 0) is 36.4 Å². The summed E-state index contributed by atoms with van der Waals surface area (Å²) in [5.41, 5.74) is 5.29. The molecule has 9 nitrogen and oxygen atoms in total. The maximum Gasteiger partial charge on any atom is 0.269 e. The van der Waals surface area contributed by atoms with Gasteiger partial charge in [0, 0.05) is 22.7 Å². The van der Waals surface area contributed by atoms with Crippen LogP contribution in [0.3, 0.4) is 0 Å². The Balaban J connectivity index is 1.63. The van der Waals surface area contributed by atoms with E-state index in [-0.39, 0.29) is 17.7 Å². The molecule has 0 spiro atoms. The fourth-order valence-electron chi connectivity index (χ4n) is 2.57. The lowest BCUT2D eigenvalue weighted by atomic mass is 10.2. The first-order valence-corrected chi connectivity index (χ1v) is 8.17. The second-order valence-corrected chi connectivity index (χ2v) is 6.14. The van der Waals surface area contributed by atoms with Crippen LogP contribution in [0.1, 0.15) is 16.8 Å². The van der Waals surface area contributed by atoms with Crippen molar-refractivity contribution in [2.24, 2.45) is 0 Å². The maximum atomic E-state index is 12.5. The van der Waals surface area contributed by atoms with Crippen LogP contribution in [0, 0.1) is 10.1 Å². The quantitative estimate of drug-likeness (QED) is 0.457. The van der Waals surface area contributed by atoms with E-state index in [2.05, 4.69) is 10.9 Å². The van der Waals surface area contributed by atoms with E-state index >= 15 is 0 Å². The third-order valence-corrected chi connectivity index (χ3v) is 4.18. The van der Waals surface area contributed by atoms with Crippen LogP contribution >= 0.6 is 11.6 Å². The molecule has 1 fully saturated rings. The normalized spacial score (nSPS) is 16.5. The average Bonchev–Trinajstić information content (AvgIpc) is 2.94. The van der Waals surface area contributed by atoms with Gasteiger partial charge in [0.05, 0.1) is 17.0 Å². The summed E-state index contributed by atoms with van der Waals surface area (Å²) in [4.78, 5) is 47.8. The number of halogens is 1. The number of nitro groups is 1. The van der Waals surface area contributed by atoms with Crippen molar-refractivity contribution in [2.75, 3.05) is 4.90 Å². The molecule has 0 radical (unpaired) electrons. The largest absolute Gasteiger partial charge is 0.287 e. The van der Waals surface area contributed by atoms with Crippen LogP contribution in [0.5, 0.6) is 0 Å². The zero-order chi connectivity index (χ0) is 19.6. The van der Waals surface area contributed by atoms with Crippen molar-refractivity contribution in [3.05, 3.63) is 69.2 Å². The van der Waals surface area contributed by atoms with Crippen LogP contribution in [-0.2, 0) is 9.59 Å². The molecular formula is C17H13ClN4O5. The molecular weight excluding hydrogens is 376 g/mol. The number of benzene rings is 2. The minimum atomic E-state index is -0.921. The van der Waals surface area contributed by atoms with Crippen molar-refractivity contribution in [3.63, 3.8) is 0 Å². The molecule has 3 amide bonds. The van der Waals surface area contributed by atoms with Crippen molar-refractivity contribution in [1.82, 2.24) is 10.9 Å². The minimum Gasteiger partial charge on any atom is -0.287 e. The van der Waals surface area contributed by atoms with Crippen LogP contribution in [0.15, 0.2) is 48.5 Å². The third-order valence-electron chi connectivity index (χ3n) is 3.93. The standard InChI is InChI=1S/C17H13ClN4O5/c18-11-3-7-12(8-4-11)21-15(23)9-14(17(21)25)19-20-16(24)10-1-5-13(6-2-10)22(26)27/h1-8,14,19H,9H2,(H,20,24)/t14-/m1/s1. The number of rotatable bonds is 5. The molecule has 1 saturated heterocycles. The number of nitro benzene ring substituents is 1. The second kappa shape index (κ2) is 7.52. The Kier molecular flexibility index (Phi) is 5.15. The highest BCUT2D eigenvalue weighted by molar-refractivity contribution is 6.30. The summed E-state index contributed by atoms with van der Waals surface area (Å²) in [6.45, 7) is 0.